The molecule has 110 valence electrons. The molecule has 4 heteroatoms. The van der Waals surface area contributed by atoms with Crippen LogP contribution in [0.25, 0.3) is 0 Å². The van der Waals surface area contributed by atoms with Crippen molar-refractivity contribution in [3.63, 3.8) is 0 Å². The van der Waals surface area contributed by atoms with Gasteiger partial charge in [-0.2, -0.15) is 0 Å². The zero-order valence-electron chi connectivity index (χ0n) is 12.2. The molecule has 4 nitrogen and oxygen atoms in total. The van der Waals surface area contributed by atoms with Crippen molar-refractivity contribution in [1.82, 2.24) is 0 Å². The highest BCUT2D eigenvalue weighted by molar-refractivity contribution is 6.06. The molecule has 2 rings (SSSR count). The van der Waals surface area contributed by atoms with Crippen LogP contribution in [0.1, 0.15) is 29.3 Å². The molecule has 2 aromatic rings. The maximum absolute atomic E-state index is 12.2. The van der Waals surface area contributed by atoms with Gasteiger partial charge in [-0.05, 0) is 43.2 Å². The Labute approximate surface area is 124 Å². The van der Waals surface area contributed by atoms with E-state index in [1.165, 1.54) is 6.07 Å². The molecule has 2 aromatic carbocycles. The second kappa shape index (κ2) is 6.79. The van der Waals surface area contributed by atoms with Crippen molar-refractivity contribution in [2.75, 3.05) is 11.9 Å². The summed E-state index contributed by atoms with van der Waals surface area (Å²) in [5.74, 6) is 0.233. The lowest BCUT2D eigenvalue weighted by atomic mass is 10.1. The minimum absolute atomic E-state index is 0.0434. The van der Waals surface area contributed by atoms with Gasteiger partial charge in [-0.3, -0.25) is 4.79 Å². The number of benzene rings is 2. The molecular formula is C17H19NO3. The van der Waals surface area contributed by atoms with Crippen molar-refractivity contribution in [2.24, 2.45) is 0 Å². The molecule has 0 unspecified atom stereocenters. The van der Waals surface area contributed by atoms with Crippen molar-refractivity contribution in [1.29, 1.82) is 0 Å². The highest BCUT2D eigenvalue weighted by Crippen LogP contribution is 2.27. The predicted molar refractivity (Wildman–Crippen MR) is 83.0 cm³/mol. The molecule has 0 aliphatic rings. The van der Waals surface area contributed by atoms with E-state index in [1.54, 1.807) is 24.3 Å². The average molecular weight is 285 g/mol. The molecule has 2 N–H and O–H groups in total. The summed E-state index contributed by atoms with van der Waals surface area (Å²) in [5.41, 5.74) is 1.89. The number of hydrogen-bond donors (Lipinski definition) is 2. The third-order valence-corrected chi connectivity index (χ3v) is 3.00. The highest BCUT2D eigenvalue weighted by atomic mass is 16.5. The number of para-hydroxylation sites is 1. The summed E-state index contributed by atoms with van der Waals surface area (Å²) < 4.78 is 5.66. The van der Waals surface area contributed by atoms with Crippen LogP contribution >= 0.6 is 0 Å². The third-order valence-electron chi connectivity index (χ3n) is 3.00. The SMILES string of the molecule is CCCOc1cc(C)ccc1NC(=O)c1ccccc1O. The first kappa shape index (κ1) is 14.9. The van der Waals surface area contributed by atoms with E-state index in [0.29, 0.717) is 18.0 Å². The summed E-state index contributed by atoms with van der Waals surface area (Å²) in [5, 5.41) is 12.5. The molecule has 1 amide bonds. The van der Waals surface area contributed by atoms with Crippen LogP contribution in [-0.4, -0.2) is 17.6 Å². The summed E-state index contributed by atoms with van der Waals surface area (Å²) in [4.78, 5) is 12.2. The fourth-order valence-corrected chi connectivity index (χ4v) is 1.92. The van der Waals surface area contributed by atoms with Gasteiger partial charge in [0.2, 0.25) is 0 Å². The van der Waals surface area contributed by atoms with E-state index in [1.807, 2.05) is 26.0 Å². The van der Waals surface area contributed by atoms with Gasteiger partial charge in [-0.15, -0.1) is 0 Å². The Hall–Kier alpha value is -2.49. The monoisotopic (exact) mass is 285 g/mol. The lowest BCUT2D eigenvalue weighted by molar-refractivity contribution is 0.102. The largest absolute Gasteiger partial charge is 0.507 e. The van der Waals surface area contributed by atoms with E-state index in [9.17, 15) is 9.90 Å². The number of rotatable bonds is 5. The molecule has 0 saturated carbocycles. The fourth-order valence-electron chi connectivity index (χ4n) is 1.92. The van der Waals surface area contributed by atoms with Crippen LogP contribution in [0, 0.1) is 6.92 Å². The molecule has 0 spiro atoms. The van der Waals surface area contributed by atoms with Gasteiger partial charge in [0.25, 0.3) is 5.91 Å². The van der Waals surface area contributed by atoms with Crippen LogP contribution < -0.4 is 10.1 Å². The Morgan fingerprint density at radius 1 is 1.24 bits per heavy atom. The fraction of sp³-hybridized carbons (Fsp3) is 0.235. The van der Waals surface area contributed by atoms with Gasteiger partial charge in [-0.25, -0.2) is 0 Å². The number of carbonyl (C=O) groups is 1. The zero-order valence-corrected chi connectivity index (χ0v) is 12.2. The van der Waals surface area contributed by atoms with E-state index in [2.05, 4.69) is 5.32 Å². The second-order valence-electron chi connectivity index (χ2n) is 4.82. The second-order valence-corrected chi connectivity index (χ2v) is 4.82. The molecule has 0 saturated heterocycles. The lowest BCUT2D eigenvalue weighted by Gasteiger charge is -2.13. The first-order valence-electron chi connectivity index (χ1n) is 6.94. The Balaban J connectivity index is 2.23. The molecule has 0 radical (unpaired) electrons. The van der Waals surface area contributed by atoms with E-state index in [0.717, 1.165) is 12.0 Å². The molecule has 0 atom stereocenters. The van der Waals surface area contributed by atoms with E-state index >= 15 is 0 Å². The number of carbonyl (C=O) groups excluding carboxylic acids is 1. The molecule has 0 heterocycles. The van der Waals surface area contributed by atoms with Crippen LogP contribution in [0.3, 0.4) is 0 Å². The smallest absolute Gasteiger partial charge is 0.259 e. The number of nitrogens with one attached hydrogen (secondary N) is 1. The van der Waals surface area contributed by atoms with E-state index < -0.39 is 0 Å². The average Bonchev–Trinajstić information content (AvgIpc) is 2.47. The van der Waals surface area contributed by atoms with Crippen LogP contribution in [0.5, 0.6) is 11.5 Å². The summed E-state index contributed by atoms with van der Waals surface area (Å²) in [6, 6.07) is 12.0. The van der Waals surface area contributed by atoms with Crippen LogP contribution in [0.2, 0.25) is 0 Å². The van der Waals surface area contributed by atoms with Gasteiger partial charge < -0.3 is 15.2 Å². The quantitative estimate of drug-likeness (QED) is 0.879. The number of phenolic OH excluding ortho intramolecular Hbond substituents is 1. The van der Waals surface area contributed by atoms with Gasteiger partial charge in [0, 0.05) is 0 Å². The first-order chi connectivity index (χ1) is 10.1. The van der Waals surface area contributed by atoms with Crippen LogP contribution in [0.15, 0.2) is 42.5 Å². The normalized spacial score (nSPS) is 10.2. The molecule has 0 aliphatic heterocycles. The number of anilines is 1. The lowest BCUT2D eigenvalue weighted by Crippen LogP contribution is -2.13. The van der Waals surface area contributed by atoms with Gasteiger partial charge >= 0.3 is 0 Å². The van der Waals surface area contributed by atoms with Gasteiger partial charge in [0.15, 0.2) is 0 Å². The topological polar surface area (TPSA) is 58.6 Å². The Morgan fingerprint density at radius 3 is 2.71 bits per heavy atom. The van der Waals surface area contributed by atoms with Crippen molar-refractivity contribution in [2.45, 2.75) is 20.3 Å². The molecule has 21 heavy (non-hydrogen) atoms. The number of aryl methyl sites for hydroxylation is 1. The molecule has 0 aromatic heterocycles. The van der Waals surface area contributed by atoms with Crippen LogP contribution in [-0.2, 0) is 0 Å². The number of ether oxygens (including phenoxy) is 1. The minimum atomic E-state index is -0.363. The summed E-state index contributed by atoms with van der Waals surface area (Å²) in [6.45, 7) is 4.58. The highest BCUT2D eigenvalue weighted by Gasteiger charge is 2.13. The van der Waals surface area contributed by atoms with Crippen LogP contribution in [0.4, 0.5) is 5.69 Å². The van der Waals surface area contributed by atoms with E-state index in [-0.39, 0.29) is 17.2 Å². The summed E-state index contributed by atoms with van der Waals surface area (Å²) >= 11 is 0. The predicted octanol–water partition coefficient (Wildman–Crippen LogP) is 3.74. The van der Waals surface area contributed by atoms with Gasteiger partial charge in [0.1, 0.15) is 11.5 Å². The van der Waals surface area contributed by atoms with Crippen molar-refractivity contribution in [3.05, 3.63) is 53.6 Å². The number of amides is 1. The summed E-state index contributed by atoms with van der Waals surface area (Å²) in [6.07, 6.45) is 0.890. The molecule has 0 fully saturated rings. The van der Waals surface area contributed by atoms with Gasteiger partial charge in [0.05, 0.1) is 17.9 Å². The maximum Gasteiger partial charge on any atom is 0.259 e. The number of aromatic hydroxyl groups is 1. The first-order valence-corrected chi connectivity index (χ1v) is 6.94. The number of hydrogen-bond acceptors (Lipinski definition) is 3. The van der Waals surface area contributed by atoms with Crippen molar-refractivity contribution >= 4 is 11.6 Å². The Kier molecular flexibility index (Phi) is 4.82. The molecule has 0 aliphatic carbocycles. The van der Waals surface area contributed by atoms with E-state index in [4.69, 9.17) is 4.74 Å². The minimum Gasteiger partial charge on any atom is -0.507 e. The van der Waals surface area contributed by atoms with Crippen molar-refractivity contribution in [3.8, 4) is 11.5 Å². The summed E-state index contributed by atoms with van der Waals surface area (Å²) in [7, 11) is 0. The van der Waals surface area contributed by atoms with Gasteiger partial charge in [-0.1, -0.05) is 25.1 Å². The third kappa shape index (κ3) is 3.75. The zero-order chi connectivity index (χ0) is 15.2. The Morgan fingerprint density at radius 2 is 2.00 bits per heavy atom. The standard InChI is InChI=1S/C17H19NO3/c1-3-10-21-16-11-12(2)8-9-14(16)18-17(20)13-6-4-5-7-15(13)19/h4-9,11,19H,3,10H2,1-2H3,(H,18,20). The Bertz CT molecular complexity index is 638. The molecular weight excluding hydrogens is 266 g/mol. The van der Waals surface area contributed by atoms with Crippen molar-refractivity contribution < 1.29 is 14.6 Å². The number of phenols is 1. The molecule has 0 bridgehead atoms. The maximum atomic E-state index is 12.2.